The summed E-state index contributed by atoms with van der Waals surface area (Å²) in [7, 11) is 1.00. The Morgan fingerprint density at radius 3 is 2.42 bits per heavy atom. The molecule has 12 heavy (non-hydrogen) atoms. The molecule has 1 rings (SSSR count). The minimum atomic E-state index is 0.501. The van der Waals surface area contributed by atoms with Gasteiger partial charge >= 0.3 is 0 Å². The molecule has 0 unspecified atom stereocenters. The van der Waals surface area contributed by atoms with E-state index >= 15 is 0 Å². The van der Waals surface area contributed by atoms with E-state index in [2.05, 4.69) is 0 Å². The average Bonchev–Trinajstić information content (AvgIpc) is 2.13. The summed E-state index contributed by atoms with van der Waals surface area (Å²) in [5, 5.41) is 7.58. The van der Waals surface area contributed by atoms with E-state index in [1.54, 1.807) is 12.1 Å². The Kier molecular flexibility index (Phi) is 5.45. The second-order valence-corrected chi connectivity index (χ2v) is 2.47. The van der Waals surface area contributed by atoms with Crippen LogP contribution in [0.25, 0.3) is 0 Å². The fraction of sp³-hybridized carbons (Fsp3) is 0.250. The standard InChI is InChI=1S/C7H9ClN2.CH4O/c8-6-2-1-5(4-9)3-7(6)10;1-2/h1-3H,4,9-10H2;2H,1H3. The highest BCUT2D eigenvalue weighted by Crippen LogP contribution is 2.18. The van der Waals surface area contributed by atoms with E-state index in [-0.39, 0.29) is 0 Å². The third kappa shape index (κ3) is 3.09. The zero-order valence-corrected chi connectivity index (χ0v) is 7.67. The Labute approximate surface area is 76.9 Å². The number of aliphatic hydroxyl groups is 1. The maximum atomic E-state index is 7.00. The topological polar surface area (TPSA) is 72.3 Å². The minimum Gasteiger partial charge on any atom is -0.400 e. The van der Waals surface area contributed by atoms with Crippen LogP contribution < -0.4 is 11.5 Å². The Bertz CT molecular complexity index is 240. The number of nitrogens with two attached hydrogens (primary N) is 2. The quantitative estimate of drug-likeness (QED) is 0.576. The molecule has 5 N–H and O–H groups in total. The Hall–Kier alpha value is -0.770. The van der Waals surface area contributed by atoms with Crippen LogP contribution in [-0.2, 0) is 6.54 Å². The molecular weight excluding hydrogens is 176 g/mol. The maximum absolute atomic E-state index is 7.00. The van der Waals surface area contributed by atoms with Crippen LogP contribution in [0.4, 0.5) is 5.69 Å². The van der Waals surface area contributed by atoms with Crippen LogP contribution >= 0.6 is 11.6 Å². The number of aliphatic hydroxyl groups excluding tert-OH is 1. The minimum absolute atomic E-state index is 0.501. The fourth-order valence-electron chi connectivity index (χ4n) is 0.720. The summed E-state index contributed by atoms with van der Waals surface area (Å²) in [6.07, 6.45) is 0. The molecule has 1 aromatic rings. The smallest absolute Gasteiger partial charge is 0.0635 e. The van der Waals surface area contributed by atoms with Gasteiger partial charge in [-0.25, -0.2) is 0 Å². The van der Waals surface area contributed by atoms with Crippen LogP contribution in [0.15, 0.2) is 18.2 Å². The predicted octanol–water partition coefficient (Wildman–Crippen LogP) is 0.989. The number of rotatable bonds is 1. The van der Waals surface area contributed by atoms with Crippen molar-refractivity contribution in [3.05, 3.63) is 28.8 Å². The summed E-state index contributed by atoms with van der Waals surface area (Å²) in [5.41, 5.74) is 12.5. The third-order valence-corrected chi connectivity index (χ3v) is 1.64. The van der Waals surface area contributed by atoms with Crippen molar-refractivity contribution in [3.8, 4) is 0 Å². The van der Waals surface area contributed by atoms with E-state index in [0.717, 1.165) is 12.7 Å². The lowest BCUT2D eigenvalue weighted by molar-refractivity contribution is 0.399. The van der Waals surface area contributed by atoms with Crippen LogP contribution in [0, 0.1) is 0 Å². The van der Waals surface area contributed by atoms with Crippen molar-refractivity contribution in [2.45, 2.75) is 6.54 Å². The first-order valence-electron chi connectivity index (χ1n) is 3.42. The molecule has 0 aromatic heterocycles. The van der Waals surface area contributed by atoms with Gasteiger partial charge in [-0.1, -0.05) is 17.7 Å². The van der Waals surface area contributed by atoms with Crippen molar-refractivity contribution >= 4 is 17.3 Å². The van der Waals surface area contributed by atoms with Crippen molar-refractivity contribution in [3.63, 3.8) is 0 Å². The molecule has 0 saturated carbocycles. The first kappa shape index (κ1) is 11.2. The monoisotopic (exact) mass is 188 g/mol. The molecule has 0 aliphatic carbocycles. The normalized spacial score (nSPS) is 8.67. The molecule has 0 aliphatic rings. The van der Waals surface area contributed by atoms with Crippen molar-refractivity contribution in [2.75, 3.05) is 12.8 Å². The lowest BCUT2D eigenvalue weighted by atomic mass is 10.2. The van der Waals surface area contributed by atoms with Gasteiger partial charge in [-0.15, -0.1) is 0 Å². The van der Waals surface area contributed by atoms with Crippen LogP contribution in [0.5, 0.6) is 0 Å². The number of hydrogen-bond acceptors (Lipinski definition) is 3. The molecule has 3 nitrogen and oxygen atoms in total. The van der Waals surface area contributed by atoms with Crippen molar-refractivity contribution < 1.29 is 5.11 Å². The number of benzene rings is 1. The van der Waals surface area contributed by atoms with Gasteiger partial charge in [-0.05, 0) is 17.7 Å². The van der Waals surface area contributed by atoms with E-state index in [1.807, 2.05) is 6.07 Å². The van der Waals surface area contributed by atoms with E-state index in [9.17, 15) is 0 Å². The second kappa shape index (κ2) is 5.83. The first-order chi connectivity index (χ1) is 5.74. The van der Waals surface area contributed by atoms with Crippen LogP contribution in [0.2, 0.25) is 5.02 Å². The lowest BCUT2D eigenvalue weighted by Gasteiger charge is -1.99. The molecule has 0 saturated heterocycles. The highest BCUT2D eigenvalue weighted by Gasteiger charge is 1.94. The molecule has 0 radical (unpaired) electrons. The summed E-state index contributed by atoms with van der Waals surface area (Å²) >= 11 is 5.67. The zero-order chi connectivity index (χ0) is 9.56. The van der Waals surface area contributed by atoms with Gasteiger partial charge in [0.15, 0.2) is 0 Å². The highest BCUT2D eigenvalue weighted by molar-refractivity contribution is 6.33. The van der Waals surface area contributed by atoms with Gasteiger partial charge < -0.3 is 16.6 Å². The number of nitrogen functional groups attached to an aromatic ring is 1. The molecular formula is C8H13ClN2O. The summed E-state index contributed by atoms with van der Waals surface area (Å²) < 4.78 is 0. The van der Waals surface area contributed by atoms with Crippen molar-refractivity contribution in [2.24, 2.45) is 5.73 Å². The number of hydrogen-bond donors (Lipinski definition) is 3. The maximum Gasteiger partial charge on any atom is 0.0635 e. The SMILES string of the molecule is CO.NCc1ccc(Cl)c(N)c1. The molecule has 0 amide bonds. The third-order valence-electron chi connectivity index (χ3n) is 1.30. The van der Waals surface area contributed by atoms with Crippen LogP contribution in [0.1, 0.15) is 5.56 Å². The molecule has 0 bridgehead atoms. The van der Waals surface area contributed by atoms with Gasteiger partial charge in [-0.2, -0.15) is 0 Å². The molecule has 68 valence electrons. The Morgan fingerprint density at radius 2 is 2.00 bits per heavy atom. The van der Waals surface area contributed by atoms with E-state index in [0.29, 0.717) is 17.3 Å². The summed E-state index contributed by atoms with van der Waals surface area (Å²) in [6, 6.07) is 5.39. The summed E-state index contributed by atoms with van der Waals surface area (Å²) in [5.74, 6) is 0. The van der Waals surface area contributed by atoms with Gasteiger partial charge in [-0.3, -0.25) is 0 Å². The van der Waals surface area contributed by atoms with Crippen LogP contribution in [0.3, 0.4) is 0 Å². The molecule has 0 atom stereocenters. The first-order valence-corrected chi connectivity index (χ1v) is 3.80. The number of anilines is 1. The van der Waals surface area contributed by atoms with Crippen LogP contribution in [-0.4, -0.2) is 12.2 Å². The molecule has 0 heterocycles. The lowest BCUT2D eigenvalue weighted by Crippen LogP contribution is -1.97. The van der Waals surface area contributed by atoms with E-state index in [4.69, 9.17) is 28.2 Å². The largest absolute Gasteiger partial charge is 0.400 e. The van der Waals surface area contributed by atoms with Gasteiger partial charge in [0.2, 0.25) is 0 Å². The Morgan fingerprint density at radius 1 is 1.42 bits per heavy atom. The molecule has 0 fully saturated rings. The second-order valence-electron chi connectivity index (χ2n) is 2.06. The van der Waals surface area contributed by atoms with Crippen molar-refractivity contribution in [1.29, 1.82) is 0 Å². The van der Waals surface area contributed by atoms with Gasteiger partial charge in [0.05, 0.1) is 10.7 Å². The molecule has 4 heteroatoms. The summed E-state index contributed by atoms with van der Waals surface area (Å²) in [6.45, 7) is 0.501. The Balaban J connectivity index is 0.000000561. The molecule has 0 aliphatic heterocycles. The van der Waals surface area contributed by atoms with Crippen molar-refractivity contribution in [1.82, 2.24) is 0 Å². The highest BCUT2D eigenvalue weighted by atomic mass is 35.5. The fourth-order valence-corrected chi connectivity index (χ4v) is 0.838. The average molecular weight is 189 g/mol. The van der Waals surface area contributed by atoms with Gasteiger partial charge in [0.25, 0.3) is 0 Å². The summed E-state index contributed by atoms with van der Waals surface area (Å²) in [4.78, 5) is 0. The van der Waals surface area contributed by atoms with E-state index in [1.165, 1.54) is 0 Å². The molecule has 1 aromatic carbocycles. The van der Waals surface area contributed by atoms with E-state index < -0.39 is 0 Å². The zero-order valence-electron chi connectivity index (χ0n) is 6.92. The van der Waals surface area contributed by atoms with Gasteiger partial charge in [0.1, 0.15) is 0 Å². The van der Waals surface area contributed by atoms with Gasteiger partial charge in [0, 0.05) is 13.7 Å². The number of halogens is 1. The molecule has 0 spiro atoms. The predicted molar refractivity (Wildman–Crippen MR) is 51.9 cm³/mol.